The minimum Gasteiger partial charge on any atom is -0.391 e. The SMILES string of the molecule is CCCN(CCC)C(=O)c1cc(C)cc(C(=O)NC(Cc2cc(F)cc(F)c2)C(O)CCNS(=O)(=O)CCC)c1. The van der Waals surface area contributed by atoms with Crippen molar-refractivity contribution in [1.82, 2.24) is 14.9 Å². The van der Waals surface area contributed by atoms with E-state index in [4.69, 9.17) is 0 Å². The van der Waals surface area contributed by atoms with E-state index in [1.54, 1.807) is 30.9 Å². The number of hydrogen-bond donors (Lipinski definition) is 3. The van der Waals surface area contributed by atoms with E-state index in [0.717, 1.165) is 31.0 Å². The van der Waals surface area contributed by atoms with Crippen molar-refractivity contribution >= 4 is 21.8 Å². The second-order valence-corrected chi connectivity index (χ2v) is 11.9. The van der Waals surface area contributed by atoms with E-state index in [-0.39, 0.29) is 42.2 Å². The van der Waals surface area contributed by atoms with Crippen LogP contribution in [0.1, 0.15) is 78.3 Å². The van der Waals surface area contributed by atoms with E-state index in [2.05, 4.69) is 10.0 Å². The maximum absolute atomic E-state index is 13.9. The summed E-state index contributed by atoms with van der Waals surface area (Å²) in [4.78, 5) is 28.2. The standard InChI is InChI=1S/C29H41F2N3O5S/c1-5-10-34(11-6-2)29(37)23-14-20(4)13-22(18-23)28(36)33-26(17-21-15-24(30)19-25(31)16-21)27(35)8-9-32-40(38,39)12-7-3/h13-16,18-19,26-27,32,35H,5-12,17H2,1-4H3,(H,33,36). The third-order valence-electron chi connectivity index (χ3n) is 6.25. The molecule has 2 rings (SSSR count). The Labute approximate surface area is 236 Å². The predicted octanol–water partition coefficient (Wildman–Crippen LogP) is 3.96. The number of benzene rings is 2. The first-order valence-electron chi connectivity index (χ1n) is 13.7. The molecular formula is C29H41F2N3O5S. The van der Waals surface area contributed by atoms with Crippen LogP contribution in [0.2, 0.25) is 0 Å². The molecule has 0 aliphatic rings. The summed E-state index contributed by atoms with van der Waals surface area (Å²) in [7, 11) is -3.51. The van der Waals surface area contributed by atoms with Gasteiger partial charge in [0.2, 0.25) is 10.0 Å². The lowest BCUT2D eigenvalue weighted by atomic mass is 9.98. The molecule has 0 aliphatic carbocycles. The number of amides is 2. The second-order valence-electron chi connectivity index (χ2n) is 10.0. The van der Waals surface area contributed by atoms with Gasteiger partial charge in [-0.3, -0.25) is 9.59 Å². The highest BCUT2D eigenvalue weighted by molar-refractivity contribution is 7.89. The number of nitrogens with one attached hydrogen (secondary N) is 2. The molecule has 11 heteroatoms. The van der Waals surface area contributed by atoms with Gasteiger partial charge in [0.25, 0.3) is 11.8 Å². The van der Waals surface area contributed by atoms with Gasteiger partial charge in [0.1, 0.15) is 11.6 Å². The number of aliphatic hydroxyl groups is 1. The van der Waals surface area contributed by atoms with Gasteiger partial charge in [-0.2, -0.15) is 0 Å². The maximum atomic E-state index is 13.9. The Morgan fingerprint density at radius 3 is 2.10 bits per heavy atom. The highest BCUT2D eigenvalue weighted by Crippen LogP contribution is 2.16. The molecule has 222 valence electrons. The van der Waals surface area contributed by atoms with Gasteiger partial charge in [0, 0.05) is 36.8 Å². The van der Waals surface area contributed by atoms with Gasteiger partial charge in [-0.25, -0.2) is 21.9 Å². The molecule has 0 heterocycles. The number of rotatable bonds is 16. The zero-order valence-corrected chi connectivity index (χ0v) is 24.5. The smallest absolute Gasteiger partial charge is 0.253 e. The van der Waals surface area contributed by atoms with E-state index in [0.29, 0.717) is 30.6 Å². The predicted molar refractivity (Wildman–Crippen MR) is 152 cm³/mol. The summed E-state index contributed by atoms with van der Waals surface area (Å²) < 4.78 is 54.1. The molecule has 0 bridgehead atoms. The number of carbonyl (C=O) groups is 2. The largest absolute Gasteiger partial charge is 0.391 e. The summed E-state index contributed by atoms with van der Waals surface area (Å²) in [6, 6.07) is 6.76. The van der Waals surface area contributed by atoms with Crippen molar-refractivity contribution in [3.8, 4) is 0 Å². The number of carbonyl (C=O) groups excluding carboxylic acids is 2. The second kappa shape index (κ2) is 15.8. The lowest BCUT2D eigenvalue weighted by molar-refractivity contribution is 0.0755. The molecule has 40 heavy (non-hydrogen) atoms. The molecule has 2 atom stereocenters. The van der Waals surface area contributed by atoms with E-state index in [1.165, 1.54) is 6.07 Å². The molecule has 8 nitrogen and oxygen atoms in total. The van der Waals surface area contributed by atoms with Gasteiger partial charge in [-0.15, -0.1) is 0 Å². The molecule has 0 radical (unpaired) electrons. The minimum atomic E-state index is -3.51. The fraction of sp³-hybridized carbons (Fsp3) is 0.517. The van der Waals surface area contributed by atoms with Crippen LogP contribution in [0.5, 0.6) is 0 Å². The number of hydrogen-bond acceptors (Lipinski definition) is 5. The Kier molecular flexibility index (Phi) is 13.1. The van der Waals surface area contributed by atoms with Crippen molar-refractivity contribution < 1.29 is 31.9 Å². The quantitative estimate of drug-likeness (QED) is 0.278. The molecule has 2 amide bonds. The average molecular weight is 582 g/mol. The number of sulfonamides is 1. The van der Waals surface area contributed by atoms with Crippen LogP contribution in [-0.4, -0.2) is 67.8 Å². The van der Waals surface area contributed by atoms with Crippen LogP contribution in [0.15, 0.2) is 36.4 Å². The van der Waals surface area contributed by atoms with Gasteiger partial charge >= 0.3 is 0 Å². The molecule has 0 spiro atoms. The minimum absolute atomic E-state index is 0.0494. The molecule has 0 fully saturated rings. The molecule has 0 aromatic heterocycles. The summed E-state index contributed by atoms with van der Waals surface area (Å²) in [6.07, 6.45) is 0.611. The molecule has 2 unspecified atom stereocenters. The Hall–Kier alpha value is -2.89. The lowest BCUT2D eigenvalue weighted by Crippen LogP contribution is -2.46. The monoisotopic (exact) mass is 581 g/mol. The van der Waals surface area contributed by atoms with Gasteiger partial charge in [-0.1, -0.05) is 20.8 Å². The first-order valence-corrected chi connectivity index (χ1v) is 15.4. The fourth-order valence-corrected chi connectivity index (χ4v) is 5.61. The average Bonchev–Trinajstić information content (AvgIpc) is 2.86. The molecule has 2 aromatic carbocycles. The topological polar surface area (TPSA) is 116 Å². The van der Waals surface area contributed by atoms with Crippen LogP contribution >= 0.6 is 0 Å². The summed E-state index contributed by atoms with van der Waals surface area (Å²) >= 11 is 0. The van der Waals surface area contributed by atoms with Crippen LogP contribution in [0.25, 0.3) is 0 Å². The van der Waals surface area contributed by atoms with Gasteiger partial charge < -0.3 is 15.3 Å². The van der Waals surface area contributed by atoms with Crippen molar-refractivity contribution in [3.05, 3.63) is 70.3 Å². The number of aliphatic hydroxyl groups excluding tert-OH is 1. The number of aryl methyl sites for hydroxylation is 1. The van der Waals surface area contributed by atoms with Crippen molar-refractivity contribution in [2.45, 2.75) is 71.9 Å². The Morgan fingerprint density at radius 1 is 0.925 bits per heavy atom. The zero-order valence-electron chi connectivity index (χ0n) is 23.7. The van der Waals surface area contributed by atoms with Gasteiger partial charge in [-0.05, 0) is 80.5 Å². The van der Waals surface area contributed by atoms with Crippen LogP contribution in [0, 0.1) is 18.6 Å². The molecule has 2 aromatic rings. The van der Waals surface area contributed by atoms with E-state index in [1.807, 2.05) is 13.8 Å². The van der Waals surface area contributed by atoms with E-state index >= 15 is 0 Å². The highest BCUT2D eigenvalue weighted by Gasteiger charge is 2.25. The van der Waals surface area contributed by atoms with Crippen LogP contribution in [0.3, 0.4) is 0 Å². The molecular weight excluding hydrogens is 540 g/mol. The van der Waals surface area contributed by atoms with Crippen LogP contribution in [0.4, 0.5) is 8.78 Å². The highest BCUT2D eigenvalue weighted by atomic mass is 32.2. The first-order chi connectivity index (χ1) is 18.9. The van der Waals surface area contributed by atoms with Crippen LogP contribution < -0.4 is 10.0 Å². The van der Waals surface area contributed by atoms with E-state index < -0.39 is 39.7 Å². The van der Waals surface area contributed by atoms with Crippen molar-refractivity contribution in [3.63, 3.8) is 0 Å². The zero-order chi connectivity index (χ0) is 29.9. The molecule has 0 aliphatic heterocycles. The Balaban J connectivity index is 2.30. The van der Waals surface area contributed by atoms with Gasteiger partial charge in [0.05, 0.1) is 17.9 Å². The molecule has 0 saturated heterocycles. The normalized spacial score (nSPS) is 13.1. The lowest BCUT2D eigenvalue weighted by Gasteiger charge is -2.25. The molecule has 3 N–H and O–H groups in total. The van der Waals surface area contributed by atoms with Crippen molar-refractivity contribution in [1.29, 1.82) is 0 Å². The fourth-order valence-electron chi connectivity index (χ4n) is 4.50. The third kappa shape index (κ3) is 10.6. The number of halogens is 2. The first kappa shape index (κ1) is 33.3. The van der Waals surface area contributed by atoms with Crippen molar-refractivity contribution in [2.24, 2.45) is 0 Å². The third-order valence-corrected chi connectivity index (χ3v) is 7.84. The summed E-state index contributed by atoms with van der Waals surface area (Å²) in [5.74, 6) is -2.43. The van der Waals surface area contributed by atoms with Crippen LogP contribution in [-0.2, 0) is 16.4 Å². The van der Waals surface area contributed by atoms with E-state index in [9.17, 15) is 31.9 Å². The number of nitrogens with zero attached hydrogens (tertiary/aromatic N) is 1. The summed E-state index contributed by atoms with van der Waals surface area (Å²) in [5.41, 5.74) is 1.46. The summed E-state index contributed by atoms with van der Waals surface area (Å²) in [6.45, 7) is 8.55. The van der Waals surface area contributed by atoms with Crippen molar-refractivity contribution in [2.75, 3.05) is 25.4 Å². The van der Waals surface area contributed by atoms with Gasteiger partial charge in [0.15, 0.2) is 0 Å². The maximum Gasteiger partial charge on any atom is 0.253 e. The Morgan fingerprint density at radius 2 is 1.52 bits per heavy atom. The molecule has 0 saturated carbocycles. The Bertz CT molecular complexity index is 1230. The summed E-state index contributed by atoms with van der Waals surface area (Å²) in [5, 5.41) is 13.7.